The smallest absolute Gasteiger partial charge is 0.193 e. The molecule has 0 radical (unpaired) electrons. The predicted octanol–water partition coefficient (Wildman–Crippen LogP) is 4.27. The molecule has 0 aromatic heterocycles. The molecule has 0 saturated heterocycles. The zero-order valence-corrected chi connectivity index (χ0v) is 13.8. The summed E-state index contributed by atoms with van der Waals surface area (Å²) in [5.74, 6) is -0.672. The summed E-state index contributed by atoms with van der Waals surface area (Å²) in [6, 6.07) is 7.10. The van der Waals surface area contributed by atoms with Crippen LogP contribution in [0.5, 0.6) is 17.2 Å². The van der Waals surface area contributed by atoms with Crippen LogP contribution < -0.4 is 4.74 Å². The van der Waals surface area contributed by atoms with Crippen LogP contribution in [0.3, 0.4) is 0 Å². The van der Waals surface area contributed by atoms with E-state index in [0.717, 1.165) is 0 Å². The number of allylic oxidation sites excluding steroid dienone is 1. The van der Waals surface area contributed by atoms with Crippen LogP contribution in [0.25, 0.3) is 6.08 Å². The third-order valence-electron chi connectivity index (χ3n) is 3.64. The van der Waals surface area contributed by atoms with Crippen LogP contribution in [0.15, 0.2) is 30.3 Å². The van der Waals surface area contributed by atoms with Crippen molar-refractivity contribution >= 4 is 23.5 Å². The van der Waals surface area contributed by atoms with Gasteiger partial charge in [0.05, 0.1) is 7.11 Å². The lowest BCUT2D eigenvalue weighted by Crippen LogP contribution is -2.03. The van der Waals surface area contributed by atoms with Gasteiger partial charge in [-0.3, -0.25) is 4.79 Å². The Bertz CT molecular complexity index is 794. The summed E-state index contributed by atoms with van der Waals surface area (Å²) < 4.78 is 5.19. The average Bonchev–Trinajstić information content (AvgIpc) is 2.55. The van der Waals surface area contributed by atoms with Gasteiger partial charge in [0, 0.05) is 16.1 Å². The minimum Gasteiger partial charge on any atom is -0.507 e. The Labute approximate surface area is 139 Å². The molecule has 0 atom stereocenters. The first-order chi connectivity index (χ1) is 10.9. The van der Waals surface area contributed by atoms with Crippen molar-refractivity contribution in [2.45, 2.75) is 13.8 Å². The van der Waals surface area contributed by atoms with Crippen LogP contribution >= 0.6 is 11.6 Å². The molecule has 0 bridgehead atoms. The predicted molar refractivity (Wildman–Crippen MR) is 90.6 cm³/mol. The van der Waals surface area contributed by atoms with Gasteiger partial charge < -0.3 is 14.9 Å². The molecular weight excluding hydrogens is 316 g/mol. The van der Waals surface area contributed by atoms with E-state index in [4.69, 9.17) is 16.3 Å². The topological polar surface area (TPSA) is 66.8 Å². The number of carbonyl (C=O) groups is 1. The lowest BCUT2D eigenvalue weighted by atomic mass is 9.98. The molecule has 0 spiro atoms. The van der Waals surface area contributed by atoms with Crippen molar-refractivity contribution < 1.29 is 19.7 Å². The Hall–Kier alpha value is -2.46. The molecule has 0 aliphatic rings. The summed E-state index contributed by atoms with van der Waals surface area (Å²) in [7, 11) is 1.38. The Kier molecular flexibility index (Phi) is 4.96. The van der Waals surface area contributed by atoms with E-state index in [9.17, 15) is 15.0 Å². The fourth-order valence-electron chi connectivity index (χ4n) is 2.33. The monoisotopic (exact) mass is 332 g/mol. The Balaban J connectivity index is 2.50. The highest BCUT2D eigenvalue weighted by Crippen LogP contribution is 2.41. The highest BCUT2D eigenvalue weighted by atomic mass is 35.5. The van der Waals surface area contributed by atoms with Gasteiger partial charge in [0.2, 0.25) is 0 Å². The molecule has 120 valence electrons. The van der Waals surface area contributed by atoms with Gasteiger partial charge in [0.25, 0.3) is 0 Å². The van der Waals surface area contributed by atoms with Crippen LogP contribution in [-0.2, 0) is 0 Å². The molecule has 2 aromatic rings. The van der Waals surface area contributed by atoms with Gasteiger partial charge in [-0.2, -0.15) is 0 Å². The summed E-state index contributed by atoms with van der Waals surface area (Å²) in [6.07, 6.45) is 2.88. The number of benzene rings is 2. The van der Waals surface area contributed by atoms with Crippen LogP contribution in [0, 0.1) is 13.8 Å². The standard InChI is InChI=1S/C18H17ClO4/c1-10-16(21)11(2)18(23-3)15(17(10)22)14(20)9-8-12-6-4-5-7-13(12)19/h4-9,21-22H,1-3H3/b9-8+. The Morgan fingerprint density at radius 1 is 1.13 bits per heavy atom. The van der Waals surface area contributed by atoms with Gasteiger partial charge in [-0.25, -0.2) is 0 Å². The summed E-state index contributed by atoms with van der Waals surface area (Å²) in [6.45, 7) is 3.15. The third kappa shape index (κ3) is 3.17. The van der Waals surface area contributed by atoms with Crippen molar-refractivity contribution in [3.63, 3.8) is 0 Å². The highest BCUT2D eigenvalue weighted by molar-refractivity contribution is 6.32. The van der Waals surface area contributed by atoms with Crippen molar-refractivity contribution in [3.8, 4) is 17.2 Å². The van der Waals surface area contributed by atoms with Crippen molar-refractivity contribution in [1.29, 1.82) is 0 Å². The number of ketones is 1. The van der Waals surface area contributed by atoms with Gasteiger partial charge >= 0.3 is 0 Å². The molecule has 0 aliphatic carbocycles. The zero-order chi connectivity index (χ0) is 17.1. The lowest BCUT2D eigenvalue weighted by Gasteiger charge is -2.15. The van der Waals surface area contributed by atoms with Crippen molar-refractivity contribution in [2.24, 2.45) is 0 Å². The zero-order valence-electron chi connectivity index (χ0n) is 13.1. The molecule has 5 heteroatoms. The number of halogens is 1. The Morgan fingerprint density at radius 3 is 2.39 bits per heavy atom. The second kappa shape index (κ2) is 6.75. The van der Waals surface area contributed by atoms with Crippen LogP contribution in [0.4, 0.5) is 0 Å². The van der Waals surface area contributed by atoms with Gasteiger partial charge in [0.15, 0.2) is 5.78 Å². The number of carbonyl (C=O) groups excluding carboxylic acids is 1. The minimum atomic E-state index is -0.439. The fourth-order valence-corrected chi connectivity index (χ4v) is 2.53. The SMILES string of the molecule is COc1c(C)c(O)c(C)c(O)c1C(=O)/C=C/c1ccccc1Cl. The molecule has 0 heterocycles. The van der Waals surface area contributed by atoms with E-state index in [1.54, 1.807) is 31.2 Å². The number of phenolic OH excluding ortho intramolecular Hbond substituents is 2. The van der Waals surface area contributed by atoms with E-state index in [-0.39, 0.29) is 28.4 Å². The number of ether oxygens (including phenoxy) is 1. The van der Waals surface area contributed by atoms with Crippen molar-refractivity contribution in [1.82, 2.24) is 0 Å². The minimum absolute atomic E-state index is 0.0172. The second-order valence-electron chi connectivity index (χ2n) is 5.07. The van der Waals surface area contributed by atoms with Gasteiger partial charge in [-0.15, -0.1) is 0 Å². The number of hydrogen-bond acceptors (Lipinski definition) is 4. The normalized spacial score (nSPS) is 11.0. The molecule has 0 fully saturated rings. The van der Waals surface area contributed by atoms with E-state index in [0.29, 0.717) is 16.1 Å². The van der Waals surface area contributed by atoms with E-state index in [2.05, 4.69) is 0 Å². The molecule has 2 rings (SSSR count). The molecule has 2 N–H and O–H groups in total. The Morgan fingerprint density at radius 2 is 1.78 bits per heavy atom. The molecule has 0 aliphatic heterocycles. The summed E-state index contributed by atoms with van der Waals surface area (Å²) >= 11 is 6.05. The maximum absolute atomic E-state index is 12.5. The van der Waals surface area contributed by atoms with Gasteiger partial charge in [-0.1, -0.05) is 29.8 Å². The summed E-state index contributed by atoms with van der Waals surface area (Å²) in [4.78, 5) is 12.5. The fraction of sp³-hybridized carbons (Fsp3) is 0.167. The van der Waals surface area contributed by atoms with Crippen molar-refractivity contribution in [2.75, 3.05) is 7.11 Å². The maximum Gasteiger partial charge on any atom is 0.193 e. The molecule has 0 unspecified atom stereocenters. The second-order valence-corrected chi connectivity index (χ2v) is 5.48. The molecule has 2 aromatic carbocycles. The van der Waals surface area contributed by atoms with E-state index >= 15 is 0 Å². The van der Waals surface area contributed by atoms with Gasteiger partial charge in [-0.05, 0) is 37.6 Å². The highest BCUT2D eigenvalue weighted by Gasteiger charge is 2.23. The quantitative estimate of drug-likeness (QED) is 0.648. The number of methoxy groups -OCH3 is 1. The largest absolute Gasteiger partial charge is 0.507 e. The average molecular weight is 333 g/mol. The van der Waals surface area contributed by atoms with E-state index in [1.165, 1.54) is 20.1 Å². The number of aromatic hydroxyl groups is 2. The maximum atomic E-state index is 12.5. The van der Waals surface area contributed by atoms with E-state index in [1.807, 2.05) is 6.07 Å². The van der Waals surface area contributed by atoms with Crippen LogP contribution in [0.1, 0.15) is 27.0 Å². The molecule has 23 heavy (non-hydrogen) atoms. The first-order valence-corrected chi connectivity index (χ1v) is 7.32. The first kappa shape index (κ1) is 16.9. The number of hydrogen-bond donors (Lipinski definition) is 2. The van der Waals surface area contributed by atoms with Gasteiger partial charge in [0.1, 0.15) is 22.8 Å². The molecular formula is C18H17ClO4. The number of phenols is 2. The summed E-state index contributed by atoms with van der Waals surface area (Å²) in [5.41, 5.74) is 1.34. The lowest BCUT2D eigenvalue weighted by molar-refractivity contribution is 0.104. The summed E-state index contributed by atoms with van der Waals surface area (Å²) in [5, 5.41) is 20.7. The van der Waals surface area contributed by atoms with Crippen LogP contribution in [-0.4, -0.2) is 23.1 Å². The van der Waals surface area contributed by atoms with Crippen LogP contribution in [0.2, 0.25) is 5.02 Å². The molecule has 0 saturated carbocycles. The third-order valence-corrected chi connectivity index (χ3v) is 3.98. The number of rotatable bonds is 4. The molecule has 0 amide bonds. The van der Waals surface area contributed by atoms with Crippen molar-refractivity contribution in [3.05, 3.63) is 57.6 Å². The molecule has 4 nitrogen and oxygen atoms in total. The first-order valence-electron chi connectivity index (χ1n) is 6.94. The van der Waals surface area contributed by atoms with E-state index < -0.39 is 5.78 Å².